The third-order valence-corrected chi connectivity index (χ3v) is 5.82. The van der Waals surface area contributed by atoms with Gasteiger partial charge in [0.25, 0.3) is 5.91 Å². The summed E-state index contributed by atoms with van der Waals surface area (Å²) in [6, 6.07) is 24.8. The van der Waals surface area contributed by atoms with Crippen LogP contribution in [0, 0.1) is 17.2 Å². The number of hydroxylamine groups is 1. The van der Waals surface area contributed by atoms with Gasteiger partial charge in [-0.3, -0.25) is 14.4 Å². The topological polar surface area (TPSA) is 82.9 Å². The summed E-state index contributed by atoms with van der Waals surface area (Å²) < 4.78 is 5.25. The van der Waals surface area contributed by atoms with E-state index in [1.165, 1.54) is 12.0 Å². The van der Waals surface area contributed by atoms with Gasteiger partial charge in [-0.2, -0.15) is 5.26 Å². The average molecular weight is 425 g/mol. The highest BCUT2D eigenvalue weighted by molar-refractivity contribution is 6.24. The monoisotopic (exact) mass is 425 g/mol. The van der Waals surface area contributed by atoms with Gasteiger partial charge in [-0.1, -0.05) is 36.4 Å². The van der Waals surface area contributed by atoms with E-state index >= 15 is 0 Å². The van der Waals surface area contributed by atoms with Crippen LogP contribution < -0.4 is 14.7 Å². The smallest absolute Gasteiger partial charge is 0.266 e. The molecule has 2 fully saturated rings. The first-order valence-corrected chi connectivity index (χ1v) is 10.2. The second kappa shape index (κ2) is 7.84. The van der Waals surface area contributed by atoms with Gasteiger partial charge in [-0.15, -0.1) is 0 Å². The SMILES string of the molecule is COc1cccc(N2C(=O)[C@@H]3[C@H](ON(c4ccccc4)[C@H]3c3ccc(C#N)cc3)C2=O)c1. The van der Waals surface area contributed by atoms with E-state index in [-0.39, 0.29) is 5.91 Å². The number of imide groups is 1. The molecule has 2 aliphatic heterocycles. The van der Waals surface area contributed by atoms with Crippen molar-refractivity contribution >= 4 is 23.2 Å². The maximum atomic E-state index is 13.6. The molecule has 5 rings (SSSR count). The summed E-state index contributed by atoms with van der Waals surface area (Å²) in [5, 5.41) is 10.8. The van der Waals surface area contributed by atoms with E-state index in [9.17, 15) is 9.59 Å². The molecule has 2 saturated heterocycles. The predicted molar refractivity (Wildman–Crippen MR) is 117 cm³/mol. The minimum absolute atomic E-state index is 0.332. The van der Waals surface area contributed by atoms with E-state index in [0.717, 1.165) is 11.3 Å². The molecule has 7 nitrogen and oxygen atoms in total. The van der Waals surface area contributed by atoms with Gasteiger partial charge in [0.1, 0.15) is 11.7 Å². The molecule has 3 aromatic carbocycles. The second-order valence-corrected chi connectivity index (χ2v) is 7.61. The van der Waals surface area contributed by atoms with Crippen molar-refractivity contribution in [2.24, 2.45) is 5.92 Å². The maximum absolute atomic E-state index is 13.6. The molecule has 0 radical (unpaired) electrons. The number of carbonyl (C=O) groups excluding carboxylic acids is 2. The minimum Gasteiger partial charge on any atom is -0.497 e. The van der Waals surface area contributed by atoms with E-state index in [4.69, 9.17) is 14.8 Å². The van der Waals surface area contributed by atoms with Gasteiger partial charge in [0, 0.05) is 6.07 Å². The van der Waals surface area contributed by atoms with Gasteiger partial charge in [-0.05, 0) is 42.0 Å². The number of para-hydroxylation sites is 1. The normalized spacial score (nSPS) is 22.1. The van der Waals surface area contributed by atoms with Crippen LogP contribution in [0.5, 0.6) is 5.75 Å². The molecular weight excluding hydrogens is 406 g/mol. The summed E-state index contributed by atoms with van der Waals surface area (Å²) in [7, 11) is 1.53. The van der Waals surface area contributed by atoms with Gasteiger partial charge in [0.05, 0.1) is 36.2 Å². The van der Waals surface area contributed by atoms with Gasteiger partial charge >= 0.3 is 0 Å². The van der Waals surface area contributed by atoms with Crippen molar-refractivity contribution < 1.29 is 19.2 Å². The molecule has 0 aromatic heterocycles. The predicted octanol–water partition coefficient (Wildman–Crippen LogP) is 3.62. The fraction of sp³-hybridized carbons (Fsp3) is 0.160. The molecule has 2 heterocycles. The highest BCUT2D eigenvalue weighted by Crippen LogP contribution is 2.47. The van der Waals surface area contributed by atoms with Gasteiger partial charge in [0.2, 0.25) is 5.91 Å². The van der Waals surface area contributed by atoms with E-state index in [2.05, 4.69) is 6.07 Å². The lowest BCUT2D eigenvalue weighted by Crippen LogP contribution is -2.37. The molecule has 2 amide bonds. The molecular formula is C25H19N3O4. The van der Waals surface area contributed by atoms with Gasteiger partial charge < -0.3 is 4.74 Å². The lowest BCUT2D eigenvalue weighted by atomic mass is 9.90. The van der Waals surface area contributed by atoms with Crippen LogP contribution in [0.3, 0.4) is 0 Å². The maximum Gasteiger partial charge on any atom is 0.266 e. The van der Waals surface area contributed by atoms with Crippen LogP contribution in [0.2, 0.25) is 0 Å². The van der Waals surface area contributed by atoms with Crippen LogP contribution in [0.1, 0.15) is 17.2 Å². The van der Waals surface area contributed by atoms with Crippen molar-refractivity contribution in [2.45, 2.75) is 12.1 Å². The van der Waals surface area contributed by atoms with Crippen LogP contribution in [0.4, 0.5) is 11.4 Å². The van der Waals surface area contributed by atoms with Crippen molar-refractivity contribution in [1.82, 2.24) is 0 Å². The van der Waals surface area contributed by atoms with Crippen LogP contribution in [0.25, 0.3) is 0 Å². The quantitative estimate of drug-likeness (QED) is 0.594. The number of nitriles is 1. The van der Waals surface area contributed by atoms with E-state index in [1.807, 2.05) is 30.3 Å². The third kappa shape index (κ3) is 3.09. The number of fused-ring (bicyclic) bond motifs is 1. The number of amides is 2. The van der Waals surface area contributed by atoms with Crippen molar-refractivity contribution in [1.29, 1.82) is 5.26 Å². The van der Waals surface area contributed by atoms with E-state index in [1.54, 1.807) is 53.6 Å². The number of anilines is 2. The Kier molecular flexibility index (Phi) is 4.85. The molecule has 7 heteroatoms. The van der Waals surface area contributed by atoms with Gasteiger partial charge in [-0.25, -0.2) is 9.96 Å². The highest BCUT2D eigenvalue weighted by Gasteiger charge is 2.60. The van der Waals surface area contributed by atoms with Crippen molar-refractivity contribution in [3.63, 3.8) is 0 Å². The Bertz CT molecular complexity index is 1220. The number of hydrogen-bond acceptors (Lipinski definition) is 6. The first-order chi connectivity index (χ1) is 15.6. The van der Waals surface area contributed by atoms with Crippen LogP contribution in [-0.4, -0.2) is 25.0 Å². The summed E-state index contributed by atoms with van der Waals surface area (Å²) in [6.07, 6.45) is -0.949. The Balaban J connectivity index is 1.58. The zero-order chi connectivity index (χ0) is 22.2. The number of ether oxygens (including phenoxy) is 1. The Morgan fingerprint density at radius 1 is 0.906 bits per heavy atom. The van der Waals surface area contributed by atoms with E-state index in [0.29, 0.717) is 17.0 Å². The molecule has 0 N–H and O–H groups in total. The number of methoxy groups -OCH3 is 1. The minimum atomic E-state index is -0.949. The summed E-state index contributed by atoms with van der Waals surface area (Å²) >= 11 is 0. The van der Waals surface area contributed by atoms with Crippen LogP contribution in [-0.2, 0) is 14.4 Å². The van der Waals surface area contributed by atoms with Gasteiger partial charge in [0.15, 0.2) is 6.10 Å². The summed E-state index contributed by atoms with van der Waals surface area (Å²) in [5.41, 5.74) is 2.49. The van der Waals surface area contributed by atoms with E-state index < -0.39 is 24.0 Å². The first kappa shape index (κ1) is 19.8. The Labute approximate surface area is 185 Å². The van der Waals surface area contributed by atoms with Crippen molar-refractivity contribution in [2.75, 3.05) is 17.1 Å². The number of nitrogens with zero attached hydrogens (tertiary/aromatic N) is 3. The third-order valence-electron chi connectivity index (χ3n) is 5.82. The molecule has 0 spiro atoms. The number of rotatable bonds is 4. The summed E-state index contributed by atoms with van der Waals surface area (Å²) in [5.74, 6) is -0.927. The zero-order valence-electron chi connectivity index (χ0n) is 17.2. The molecule has 0 bridgehead atoms. The molecule has 3 aromatic rings. The molecule has 2 aliphatic rings. The van der Waals surface area contributed by atoms with Crippen molar-refractivity contribution in [3.05, 3.63) is 90.0 Å². The molecule has 0 unspecified atom stereocenters. The lowest BCUT2D eigenvalue weighted by molar-refractivity contribution is -0.126. The average Bonchev–Trinajstić information content (AvgIpc) is 3.35. The highest BCUT2D eigenvalue weighted by atomic mass is 16.7. The fourth-order valence-electron chi connectivity index (χ4n) is 4.31. The Morgan fingerprint density at radius 2 is 1.62 bits per heavy atom. The lowest BCUT2D eigenvalue weighted by Gasteiger charge is -2.28. The Hall–Kier alpha value is -4.15. The largest absolute Gasteiger partial charge is 0.497 e. The molecule has 3 atom stereocenters. The number of hydrogen-bond donors (Lipinski definition) is 0. The molecule has 32 heavy (non-hydrogen) atoms. The van der Waals surface area contributed by atoms with Crippen LogP contribution >= 0.6 is 0 Å². The molecule has 158 valence electrons. The molecule has 0 saturated carbocycles. The summed E-state index contributed by atoms with van der Waals surface area (Å²) in [6.45, 7) is 0. The Morgan fingerprint density at radius 3 is 2.31 bits per heavy atom. The summed E-state index contributed by atoms with van der Waals surface area (Å²) in [4.78, 5) is 34.2. The molecule has 0 aliphatic carbocycles. The van der Waals surface area contributed by atoms with Crippen molar-refractivity contribution in [3.8, 4) is 11.8 Å². The van der Waals surface area contributed by atoms with Crippen LogP contribution in [0.15, 0.2) is 78.9 Å². The number of carbonyl (C=O) groups is 2. The zero-order valence-corrected chi connectivity index (χ0v) is 17.2. The second-order valence-electron chi connectivity index (χ2n) is 7.61. The fourth-order valence-corrected chi connectivity index (χ4v) is 4.31. The number of benzene rings is 3. The standard InChI is InChI=1S/C25H19N3O4/c1-31-20-9-5-8-19(14-20)27-24(29)21-22(17-12-10-16(15-26)11-13-17)28(32-23(21)25(27)30)18-6-3-2-4-7-18/h2-14,21-23H,1H3/t21-,22-,23-/m0/s1. The first-order valence-electron chi connectivity index (χ1n) is 10.2.